The minimum Gasteiger partial charge on any atom is -0.395 e. The molecule has 7 heteroatoms. The molecule has 2 aliphatic rings. The summed E-state index contributed by atoms with van der Waals surface area (Å²) >= 11 is 0. The van der Waals surface area contributed by atoms with Crippen LogP contribution in [0.1, 0.15) is 0 Å². The first-order valence-corrected chi connectivity index (χ1v) is 7.57. The normalized spacial score (nSPS) is 18.4. The van der Waals surface area contributed by atoms with E-state index < -0.39 is 11.8 Å². The van der Waals surface area contributed by atoms with E-state index in [0.717, 1.165) is 42.6 Å². The summed E-state index contributed by atoms with van der Waals surface area (Å²) in [5.74, 6) is -0.821. The highest BCUT2D eigenvalue weighted by atomic mass is 16.5. The highest BCUT2D eigenvalue weighted by Gasteiger charge is 2.30. The number of carbonyl (C=O) groups is 2. The molecular weight excluding hydrogens is 298 g/mol. The number of morpholine rings is 1. The predicted molar refractivity (Wildman–Crippen MR) is 85.0 cm³/mol. The van der Waals surface area contributed by atoms with Crippen LogP contribution in [0.25, 0.3) is 0 Å². The number of carbonyl (C=O) groups excluding carboxylic acids is 2. The number of hydrogen-bond donors (Lipinski definition) is 2. The first-order chi connectivity index (χ1) is 11.2. The Morgan fingerprint density at radius 3 is 2.48 bits per heavy atom. The Morgan fingerprint density at radius 2 is 1.83 bits per heavy atom. The Kier molecular flexibility index (Phi) is 4.59. The minimum absolute atomic E-state index is 0.00924. The summed E-state index contributed by atoms with van der Waals surface area (Å²) < 4.78 is 5.33. The Morgan fingerprint density at radius 1 is 1.13 bits per heavy atom. The lowest BCUT2D eigenvalue weighted by atomic mass is 10.2. The second-order valence-electron chi connectivity index (χ2n) is 5.35. The number of benzene rings is 1. The zero-order valence-electron chi connectivity index (χ0n) is 12.7. The minimum atomic E-state index is -0.415. The lowest BCUT2D eigenvalue weighted by Crippen LogP contribution is -2.36. The molecule has 0 atom stereocenters. The van der Waals surface area contributed by atoms with Gasteiger partial charge in [-0.3, -0.25) is 14.5 Å². The number of aliphatic hydroxyl groups is 1. The third-order valence-electron chi connectivity index (χ3n) is 3.86. The summed E-state index contributed by atoms with van der Waals surface area (Å²) in [6.45, 7) is 2.94. The van der Waals surface area contributed by atoms with Crippen LogP contribution in [0.15, 0.2) is 36.0 Å². The molecule has 122 valence electrons. The first kappa shape index (κ1) is 15.5. The summed E-state index contributed by atoms with van der Waals surface area (Å²) in [6.07, 6.45) is 1.26. The van der Waals surface area contributed by atoms with E-state index in [1.54, 1.807) is 0 Å². The highest BCUT2D eigenvalue weighted by Crippen LogP contribution is 2.21. The number of nitrogens with zero attached hydrogens (tertiary/aromatic N) is 2. The van der Waals surface area contributed by atoms with Crippen molar-refractivity contribution in [2.45, 2.75) is 0 Å². The monoisotopic (exact) mass is 317 g/mol. The average Bonchev–Trinajstić information content (AvgIpc) is 2.84. The zero-order chi connectivity index (χ0) is 16.2. The molecule has 1 aromatic rings. The van der Waals surface area contributed by atoms with Crippen LogP contribution in [-0.2, 0) is 14.3 Å². The van der Waals surface area contributed by atoms with E-state index in [1.807, 2.05) is 24.3 Å². The number of ether oxygens (including phenoxy) is 1. The zero-order valence-corrected chi connectivity index (χ0v) is 12.7. The second kappa shape index (κ2) is 6.80. The van der Waals surface area contributed by atoms with Gasteiger partial charge in [0.05, 0.1) is 26.4 Å². The molecule has 0 bridgehead atoms. The van der Waals surface area contributed by atoms with Gasteiger partial charge in [-0.05, 0) is 24.3 Å². The Bertz CT molecular complexity index is 621. The molecule has 0 radical (unpaired) electrons. The molecule has 3 rings (SSSR count). The number of aliphatic hydroxyl groups excluding tert-OH is 1. The van der Waals surface area contributed by atoms with E-state index in [9.17, 15) is 9.59 Å². The molecule has 23 heavy (non-hydrogen) atoms. The number of β-amino-alcohol motifs (C(OH)–C–C–N with tert-alkyl or cyclic N) is 1. The lowest BCUT2D eigenvalue weighted by molar-refractivity contribution is -0.137. The maximum atomic E-state index is 12.1. The van der Waals surface area contributed by atoms with E-state index in [-0.39, 0.29) is 18.8 Å². The van der Waals surface area contributed by atoms with Gasteiger partial charge in [-0.25, -0.2) is 0 Å². The van der Waals surface area contributed by atoms with E-state index >= 15 is 0 Å². The fourth-order valence-corrected chi connectivity index (χ4v) is 2.64. The first-order valence-electron chi connectivity index (χ1n) is 7.57. The maximum absolute atomic E-state index is 12.1. The molecule has 0 saturated carbocycles. The van der Waals surface area contributed by atoms with Crippen LogP contribution >= 0.6 is 0 Å². The molecule has 1 aromatic carbocycles. The fraction of sp³-hybridized carbons (Fsp3) is 0.375. The second-order valence-corrected chi connectivity index (χ2v) is 5.35. The van der Waals surface area contributed by atoms with Crippen LogP contribution in [0, 0.1) is 0 Å². The number of nitrogens with one attached hydrogen (secondary N) is 1. The van der Waals surface area contributed by atoms with Crippen LogP contribution in [0.3, 0.4) is 0 Å². The van der Waals surface area contributed by atoms with Gasteiger partial charge in [0.1, 0.15) is 5.70 Å². The van der Waals surface area contributed by atoms with Gasteiger partial charge in [-0.15, -0.1) is 0 Å². The topological polar surface area (TPSA) is 82.1 Å². The van der Waals surface area contributed by atoms with Crippen molar-refractivity contribution in [3.05, 3.63) is 36.0 Å². The Balaban J connectivity index is 1.65. The smallest absolute Gasteiger partial charge is 0.277 e. The summed E-state index contributed by atoms with van der Waals surface area (Å²) in [5, 5.41) is 11.9. The van der Waals surface area contributed by atoms with E-state index in [4.69, 9.17) is 9.84 Å². The molecular formula is C16H19N3O4. The van der Waals surface area contributed by atoms with Crippen LogP contribution in [0.2, 0.25) is 0 Å². The number of anilines is 2. The van der Waals surface area contributed by atoms with Crippen LogP contribution in [-0.4, -0.2) is 61.3 Å². The summed E-state index contributed by atoms with van der Waals surface area (Å²) in [5.41, 5.74) is 2.06. The standard InChI is InChI=1S/C16H19N3O4/c20-8-5-19-15(21)11-14(16(19)22)17-12-1-3-13(4-2-12)18-6-9-23-10-7-18/h1-4,11,17,20H,5-10H2. The van der Waals surface area contributed by atoms with Crippen molar-refractivity contribution >= 4 is 23.2 Å². The number of rotatable bonds is 5. The summed E-state index contributed by atoms with van der Waals surface area (Å²) in [4.78, 5) is 27.0. The van der Waals surface area contributed by atoms with E-state index in [0.29, 0.717) is 0 Å². The van der Waals surface area contributed by atoms with Crippen LogP contribution in [0.5, 0.6) is 0 Å². The van der Waals surface area contributed by atoms with Gasteiger partial charge in [0, 0.05) is 30.5 Å². The van der Waals surface area contributed by atoms with Crippen molar-refractivity contribution in [2.24, 2.45) is 0 Å². The molecule has 2 heterocycles. The van der Waals surface area contributed by atoms with Gasteiger partial charge in [0.25, 0.3) is 11.8 Å². The summed E-state index contributed by atoms with van der Waals surface area (Å²) in [6, 6.07) is 7.69. The molecule has 2 aliphatic heterocycles. The third-order valence-corrected chi connectivity index (χ3v) is 3.86. The molecule has 0 unspecified atom stereocenters. The van der Waals surface area contributed by atoms with Crippen molar-refractivity contribution in [3.63, 3.8) is 0 Å². The van der Waals surface area contributed by atoms with Crippen LogP contribution < -0.4 is 10.2 Å². The van der Waals surface area contributed by atoms with Gasteiger partial charge < -0.3 is 20.1 Å². The molecule has 0 aliphatic carbocycles. The SMILES string of the molecule is O=C1C=C(Nc2ccc(N3CCOCC3)cc2)C(=O)N1CCO. The number of imide groups is 1. The van der Waals surface area contributed by atoms with Crippen LogP contribution in [0.4, 0.5) is 11.4 Å². The molecule has 0 aromatic heterocycles. The van der Waals surface area contributed by atoms with Gasteiger partial charge in [-0.2, -0.15) is 0 Å². The maximum Gasteiger partial charge on any atom is 0.277 e. The van der Waals surface area contributed by atoms with Gasteiger partial charge in [-0.1, -0.05) is 0 Å². The largest absolute Gasteiger partial charge is 0.395 e. The number of hydrogen-bond acceptors (Lipinski definition) is 6. The van der Waals surface area contributed by atoms with E-state index in [1.165, 1.54) is 6.08 Å². The Labute approximate surface area is 134 Å². The highest BCUT2D eigenvalue weighted by molar-refractivity contribution is 6.17. The molecule has 2 amide bonds. The van der Waals surface area contributed by atoms with Gasteiger partial charge >= 0.3 is 0 Å². The van der Waals surface area contributed by atoms with Gasteiger partial charge in [0.15, 0.2) is 0 Å². The molecule has 1 saturated heterocycles. The number of amides is 2. The molecule has 2 N–H and O–H groups in total. The Hall–Kier alpha value is -2.38. The fourth-order valence-electron chi connectivity index (χ4n) is 2.64. The molecule has 1 fully saturated rings. The predicted octanol–water partition coefficient (Wildman–Crippen LogP) is 0.180. The van der Waals surface area contributed by atoms with Crippen molar-refractivity contribution in [1.29, 1.82) is 0 Å². The molecule has 7 nitrogen and oxygen atoms in total. The quantitative estimate of drug-likeness (QED) is 0.754. The van der Waals surface area contributed by atoms with Gasteiger partial charge in [0.2, 0.25) is 0 Å². The van der Waals surface area contributed by atoms with Crippen molar-refractivity contribution < 1.29 is 19.4 Å². The van der Waals surface area contributed by atoms with E-state index in [2.05, 4.69) is 10.2 Å². The third kappa shape index (κ3) is 3.35. The van der Waals surface area contributed by atoms with Crippen molar-refractivity contribution in [3.8, 4) is 0 Å². The average molecular weight is 317 g/mol. The summed E-state index contributed by atoms with van der Waals surface area (Å²) in [7, 11) is 0. The van der Waals surface area contributed by atoms with Crippen molar-refractivity contribution in [1.82, 2.24) is 4.90 Å². The molecule has 0 spiro atoms. The van der Waals surface area contributed by atoms with Crippen molar-refractivity contribution in [2.75, 3.05) is 49.7 Å². The lowest BCUT2D eigenvalue weighted by Gasteiger charge is -2.28.